The minimum Gasteiger partial charge on any atom is -0.477 e. The van der Waals surface area contributed by atoms with E-state index >= 15 is 0 Å². The number of carbonyl (C=O) groups excluding carboxylic acids is 3. The Kier molecular flexibility index (Phi) is 6.59. The van der Waals surface area contributed by atoms with Crippen LogP contribution in [0, 0.1) is 0 Å². The van der Waals surface area contributed by atoms with Gasteiger partial charge in [0.25, 0.3) is 18.7 Å². The fourth-order valence-electron chi connectivity index (χ4n) is 2.85. The number of hydrogen-bond donors (Lipinski definition) is 4. The highest BCUT2D eigenvalue weighted by Gasteiger charge is 2.54. The first kappa shape index (κ1) is 22.3. The number of carboxylic acid groups (broad SMARTS) is 1. The van der Waals surface area contributed by atoms with Gasteiger partial charge < -0.3 is 31.5 Å². The second-order valence-corrected chi connectivity index (χ2v) is 7.97. The molecule has 0 bridgehead atoms. The largest absolute Gasteiger partial charge is 0.477 e. The molecule has 0 spiro atoms. The number of aromatic nitrogens is 1. The molecule has 3 rings (SSSR count). The Morgan fingerprint density at radius 1 is 1.45 bits per heavy atom. The Labute approximate surface area is 181 Å². The lowest BCUT2D eigenvalue weighted by Gasteiger charge is -2.49. The molecule has 2 aliphatic heterocycles. The molecule has 1 fully saturated rings. The lowest BCUT2D eigenvalue weighted by atomic mass is 10.0. The molecule has 0 aromatic carbocycles. The van der Waals surface area contributed by atoms with Crippen LogP contribution in [0.1, 0.15) is 5.69 Å². The first-order valence-electron chi connectivity index (χ1n) is 8.35. The molecule has 31 heavy (non-hydrogen) atoms. The van der Waals surface area contributed by atoms with Crippen molar-refractivity contribution in [2.75, 3.05) is 25.0 Å². The summed E-state index contributed by atoms with van der Waals surface area (Å²) in [5, 5.41) is 16.1. The number of amides is 3. The highest BCUT2D eigenvalue weighted by molar-refractivity contribution is 8.00. The molecule has 13 nitrogen and oxygen atoms in total. The van der Waals surface area contributed by atoms with E-state index in [0.29, 0.717) is 0 Å². The number of nitrogens with one attached hydrogen (secondary N) is 1. The molecule has 1 aromatic rings. The number of oxime groups is 1. The van der Waals surface area contributed by atoms with Gasteiger partial charge in [-0.2, -0.15) is 0 Å². The molecule has 16 heteroatoms. The van der Waals surface area contributed by atoms with Crippen LogP contribution < -0.4 is 16.8 Å². The molecule has 0 unspecified atom stereocenters. The smallest absolute Gasteiger partial charge is 0.404 e. The lowest BCUT2D eigenvalue weighted by molar-refractivity contribution is -0.150. The average Bonchev–Trinajstić information content (AvgIpc) is 3.15. The number of ether oxygens (including phenoxy) is 1. The van der Waals surface area contributed by atoms with Crippen molar-refractivity contribution < 1.29 is 38.2 Å². The van der Waals surface area contributed by atoms with Gasteiger partial charge in [0, 0.05) is 16.7 Å². The summed E-state index contributed by atoms with van der Waals surface area (Å²) in [7, 11) is 0. The van der Waals surface area contributed by atoms with Gasteiger partial charge in [-0.1, -0.05) is 5.16 Å². The van der Waals surface area contributed by atoms with Crippen LogP contribution in [0.25, 0.3) is 0 Å². The van der Waals surface area contributed by atoms with E-state index in [0.717, 1.165) is 28.0 Å². The van der Waals surface area contributed by atoms with Crippen LogP contribution in [-0.4, -0.2) is 75.2 Å². The van der Waals surface area contributed by atoms with Gasteiger partial charge in [0.05, 0.1) is 0 Å². The van der Waals surface area contributed by atoms with Crippen molar-refractivity contribution in [3.8, 4) is 0 Å². The van der Waals surface area contributed by atoms with Crippen LogP contribution in [0.4, 0.5) is 14.3 Å². The molecule has 0 saturated carbocycles. The Morgan fingerprint density at radius 3 is 2.77 bits per heavy atom. The van der Waals surface area contributed by atoms with Crippen LogP contribution in [0.3, 0.4) is 0 Å². The van der Waals surface area contributed by atoms with Crippen LogP contribution in [0.15, 0.2) is 21.8 Å². The molecule has 1 saturated heterocycles. The first-order valence-corrected chi connectivity index (χ1v) is 10.3. The maximum atomic E-state index is 12.6. The molecule has 0 radical (unpaired) electrons. The lowest BCUT2D eigenvalue weighted by Crippen LogP contribution is -2.71. The fraction of sp³-hybridized carbons (Fsp3) is 0.333. The first-order chi connectivity index (χ1) is 14.7. The number of halogens is 1. The van der Waals surface area contributed by atoms with E-state index < -0.39 is 47.9 Å². The van der Waals surface area contributed by atoms with Crippen molar-refractivity contribution in [3.05, 3.63) is 22.3 Å². The molecule has 2 aliphatic rings. The van der Waals surface area contributed by atoms with Crippen molar-refractivity contribution >= 4 is 57.8 Å². The van der Waals surface area contributed by atoms with Crippen molar-refractivity contribution in [1.82, 2.24) is 15.2 Å². The number of carbonyl (C=O) groups is 4. The van der Waals surface area contributed by atoms with E-state index in [-0.39, 0.29) is 34.5 Å². The van der Waals surface area contributed by atoms with E-state index in [1.807, 2.05) is 0 Å². The molecular formula is C15H15FN6O7S2. The second-order valence-electron chi connectivity index (χ2n) is 5.98. The van der Waals surface area contributed by atoms with Gasteiger partial charge in [-0.15, -0.1) is 23.1 Å². The van der Waals surface area contributed by atoms with Gasteiger partial charge in [0.15, 0.2) is 10.8 Å². The van der Waals surface area contributed by atoms with Gasteiger partial charge >= 0.3 is 12.1 Å². The van der Waals surface area contributed by atoms with Crippen molar-refractivity contribution in [2.24, 2.45) is 10.9 Å². The maximum Gasteiger partial charge on any atom is 0.404 e. The number of aliphatic carboxylic acids is 1. The molecule has 3 heterocycles. The Balaban J connectivity index is 1.78. The summed E-state index contributed by atoms with van der Waals surface area (Å²) in [6, 6.07) is -1.09. The van der Waals surface area contributed by atoms with Crippen LogP contribution >= 0.6 is 23.1 Å². The molecule has 0 aliphatic carbocycles. The Bertz CT molecular complexity index is 996. The Morgan fingerprint density at radius 2 is 2.19 bits per heavy atom. The fourth-order valence-corrected chi connectivity index (χ4v) is 4.73. The summed E-state index contributed by atoms with van der Waals surface area (Å²) in [5.74, 6) is -2.88. The minimum absolute atomic E-state index is 0.0189. The van der Waals surface area contributed by atoms with Gasteiger partial charge in [-0.25, -0.2) is 19.0 Å². The number of nitrogens with two attached hydrogens (primary N) is 2. The van der Waals surface area contributed by atoms with E-state index in [1.165, 1.54) is 5.38 Å². The van der Waals surface area contributed by atoms with E-state index in [9.17, 15) is 28.7 Å². The second kappa shape index (κ2) is 9.17. The van der Waals surface area contributed by atoms with Crippen LogP contribution in [0.2, 0.25) is 0 Å². The third kappa shape index (κ3) is 4.53. The van der Waals surface area contributed by atoms with Crippen molar-refractivity contribution in [2.45, 2.75) is 11.4 Å². The highest BCUT2D eigenvalue weighted by atomic mass is 32.2. The predicted octanol–water partition coefficient (Wildman–Crippen LogP) is -0.793. The Hall–Kier alpha value is -3.40. The van der Waals surface area contributed by atoms with Gasteiger partial charge in [0.1, 0.15) is 29.4 Å². The molecular weight excluding hydrogens is 459 g/mol. The number of anilines is 1. The van der Waals surface area contributed by atoms with Gasteiger partial charge in [0.2, 0.25) is 0 Å². The summed E-state index contributed by atoms with van der Waals surface area (Å²) >= 11 is 2.16. The molecule has 2 atom stereocenters. The predicted molar refractivity (Wildman–Crippen MR) is 105 cm³/mol. The van der Waals surface area contributed by atoms with Crippen molar-refractivity contribution in [3.63, 3.8) is 0 Å². The number of primary amides is 1. The number of β-lactam (4-membered cyclic amide) rings is 1. The number of rotatable bonds is 8. The van der Waals surface area contributed by atoms with E-state index in [2.05, 4.69) is 25.0 Å². The number of carboxylic acids is 1. The standard InChI is InChI=1S/C15H15FN6O7S2/c16-4-29-21-7(6-3-31-14(17)19-6)10(23)20-8-11(24)22-9(13(25)26)5(1-28-15(18)27)2-30-12(8)22/h3,8,12H,1-2,4H2,(H2,17,19)(H2,18,27)(H,20,23)(H,25,26)/t8-,12-/m1/s1. The summed E-state index contributed by atoms with van der Waals surface area (Å²) in [5.41, 5.74) is 9.89. The molecule has 1 aromatic heterocycles. The number of fused-ring (bicyclic) bond motifs is 1. The zero-order chi connectivity index (χ0) is 22.7. The third-order valence-electron chi connectivity index (χ3n) is 4.11. The summed E-state index contributed by atoms with van der Waals surface area (Å²) in [4.78, 5) is 56.9. The van der Waals surface area contributed by atoms with E-state index in [4.69, 9.17) is 11.5 Å². The zero-order valence-corrected chi connectivity index (χ0v) is 17.1. The molecule has 3 amide bonds. The maximum absolute atomic E-state index is 12.6. The summed E-state index contributed by atoms with van der Waals surface area (Å²) in [6.45, 7) is -1.69. The van der Waals surface area contributed by atoms with Gasteiger partial charge in [-0.3, -0.25) is 14.5 Å². The average molecular weight is 474 g/mol. The minimum atomic E-state index is -1.40. The number of nitrogen functional groups attached to an aromatic ring is 1. The van der Waals surface area contributed by atoms with Crippen LogP contribution in [-0.2, 0) is 24.0 Å². The quantitative estimate of drug-likeness (QED) is 0.210. The number of thiazole rings is 1. The zero-order valence-electron chi connectivity index (χ0n) is 15.4. The monoisotopic (exact) mass is 474 g/mol. The SMILES string of the molecule is NC(=O)OCC1=C(C(=O)O)N2C(=O)[C@@H](NC(=O)C(=NOCF)c3csc(N)n3)[C@H]2SC1. The van der Waals surface area contributed by atoms with Crippen LogP contribution in [0.5, 0.6) is 0 Å². The topological polar surface area (TPSA) is 200 Å². The van der Waals surface area contributed by atoms with E-state index in [1.54, 1.807) is 0 Å². The summed E-state index contributed by atoms with van der Waals surface area (Å²) < 4.78 is 17.0. The van der Waals surface area contributed by atoms with Gasteiger partial charge in [-0.05, 0) is 0 Å². The highest BCUT2D eigenvalue weighted by Crippen LogP contribution is 2.40. The number of nitrogens with zero attached hydrogens (tertiary/aromatic N) is 3. The number of alkyl halides is 1. The summed E-state index contributed by atoms with van der Waals surface area (Å²) in [6.07, 6.45) is -1.09. The normalized spacial score (nSPS) is 20.6. The molecule has 6 N–H and O–H groups in total. The van der Waals surface area contributed by atoms with Crippen molar-refractivity contribution in [1.29, 1.82) is 0 Å². The third-order valence-corrected chi connectivity index (χ3v) is 6.12. The number of thioether (sulfide) groups is 1. The molecule has 166 valence electrons. The number of hydrogen-bond acceptors (Lipinski definition) is 11.